The molecule has 1 saturated heterocycles. The van der Waals surface area contributed by atoms with E-state index in [0.717, 1.165) is 63.7 Å². The van der Waals surface area contributed by atoms with Gasteiger partial charge in [0, 0.05) is 50.6 Å². The summed E-state index contributed by atoms with van der Waals surface area (Å²) in [5.74, 6) is -0.602. The first-order valence-electron chi connectivity index (χ1n) is 12.9. The Morgan fingerprint density at radius 2 is 1.92 bits per heavy atom. The van der Waals surface area contributed by atoms with Crippen LogP contribution in [-0.2, 0) is 6.42 Å². The molecule has 0 unspecified atom stereocenters. The van der Waals surface area contributed by atoms with Crippen molar-refractivity contribution >= 4 is 11.9 Å². The van der Waals surface area contributed by atoms with Gasteiger partial charge in [-0.15, -0.1) is 0 Å². The molecular weight excluding hydrogens is 498 g/mol. The molecule has 3 heterocycles. The van der Waals surface area contributed by atoms with Crippen molar-refractivity contribution in [3.63, 3.8) is 0 Å². The summed E-state index contributed by atoms with van der Waals surface area (Å²) in [6, 6.07) is 2.01. The van der Waals surface area contributed by atoms with Crippen LogP contribution >= 0.6 is 0 Å². The predicted octanol–water partition coefficient (Wildman–Crippen LogP) is 3.56. The lowest BCUT2D eigenvalue weighted by atomic mass is 9.92. The van der Waals surface area contributed by atoms with Crippen LogP contribution in [0.5, 0.6) is 5.75 Å². The zero-order valence-corrected chi connectivity index (χ0v) is 21.3. The second-order valence-electron chi connectivity index (χ2n) is 9.20. The summed E-state index contributed by atoms with van der Waals surface area (Å²) in [5.41, 5.74) is 0.0289. The number of aromatic nitrogens is 4. The molecule has 0 aliphatic carbocycles. The van der Waals surface area contributed by atoms with Crippen molar-refractivity contribution in [1.29, 1.82) is 0 Å². The molecule has 1 aliphatic rings. The monoisotopic (exact) mass is 530 g/mol. The van der Waals surface area contributed by atoms with E-state index in [1.807, 2.05) is 0 Å². The van der Waals surface area contributed by atoms with Crippen LogP contribution in [0.15, 0.2) is 29.0 Å². The van der Waals surface area contributed by atoms with Crippen LogP contribution < -0.4 is 15.0 Å². The van der Waals surface area contributed by atoms with Crippen molar-refractivity contribution in [3.05, 3.63) is 47.6 Å². The summed E-state index contributed by atoms with van der Waals surface area (Å²) < 4.78 is 39.2. The highest BCUT2D eigenvalue weighted by Gasteiger charge is 2.22. The number of halogens is 2. The molecule has 0 saturated carbocycles. The van der Waals surface area contributed by atoms with E-state index < -0.39 is 23.1 Å². The number of piperidine rings is 1. The molecule has 4 rings (SSSR count). The van der Waals surface area contributed by atoms with Gasteiger partial charge >= 0.3 is 0 Å². The Hall–Kier alpha value is -3.67. The fourth-order valence-electron chi connectivity index (χ4n) is 4.38. The number of hydrogen-bond acceptors (Lipinski definition) is 9. The Labute approximate surface area is 219 Å². The molecule has 1 fully saturated rings. The molecule has 204 valence electrons. The van der Waals surface area contributed by atoms with E-state index in [0.29, 0.717) is 35.8 Å². The van der Waals surface area contributed by atoms with Crippen LogP contribution in [0.3, 0.4) is 0 Å². The number of carbonyl (C=O) groups is 1. The zero-order valence-electron chi connectivity index (χ0n) is 21.3. The maximum atomic E-state index is 14.2. The average molecular weight is 531 g/mol. The van der Waals surface area contributed by atoms with Crippen LogP contribution in [0.1, 0.15) is 55.3 Å². The lowest BCUT2D eigenvalue weighted by Crippen LogP contribution is -2.34. The van der Waals surface area contributed by atoms with Gasteiger partial charge in [-0.05, 0) is 38.0 Å². The number of amides is 1. The number of nitrogens with zero attached hydrogens (tertiary/aromatic N) is 5. The molecule has 0 spiro atoms. The van der Waals surface area contributed by atoms with E-state index in [4.69, 9.17) is 14.4 Å². The molecule has 1 aliphatic heterocycles. The summed E-state index contributed by atoms with van der Waals surface area (Å²) in [7, 11) is 0. The number of benzene rings is 1. The van der Waals surface area contributed by atoms with Crippen LogP contribution in [0.4, 0.5) is 14.7 Å². The number of hydrogen-bond donors (Lipinski definition) is 2. The van der Waals surface area contributed by atoms with Gasteiger partial charge in [0.1, 0.15) is 22.9 Å². The molecular formula is C26H32F2N6O4. The fraction of sp³-hybridized carbons (Fsp3) is 0.500. The van der Waals surface area contributed by atoms with Gasteiger partial charge in [-0.25, -0.2) is 18.7 Å². The largest absolute Gasteiger partial charge is 0.493 e. The van der Waals surface area contributed by atoms with Crippen LogP contribution in [-0.4, -0.2) is 64.0 Å². The zero-order chi connectivity index (χ0) is 26.9. The minimum absolute atomic E-state index is 0.0385. The van der Waals surface area contributed by atoms with Crippen molar-refractivity contribution in [3.8, 4) is 17.1 Å². The van der Waals surface area contributed by atoms with E-state index in [9.17, 15) is 13.6 Å². The topological polar surface area (TPSA) is 126 Å². The molecule has 1 amide bonds. The minimum atomic E-state index is -1.00. The van der Waals surface area contributed by atoms with Crippen LogP contribution in [0.2, 0.25) is 0 Å². The number of aliphatic hydroxyl groups is 1. The summed E-state index contributed by atoms with van der Waals surface area (Å²) in [4.78, 5) is 27.3. The van der Waals surface area contributed by atoms with Crippen molar-refractivity contribution in [2.45, 2.75) is 45.4 Å². The second-order valence-corrected chi connectivity index (χ2v) is 9.20. The third-order valence-electron chi connectivity index (χ3n) is 6.39. The third-order valence-corrected chi connectivity index (χ3v) is 6.39. The quantitative estimate of drug-likeness (QED) is 0.338. The van der Waals surface area contributed by atoms with E-state index >= 15 is 0 Å². The number of carbonyl (C=O) groups excluding carboxylic acids is 1. The molecule has 0 bridgehead atoms. The highest BCUT2D eigenvalue weighted by atomic mass is 19.1. The van der Waals surface area contributed by atoms with E-state index in [1.54, 1.807) is 12.4 Å². The first kappa shape index (κ1) is 27.4. The molecule has 3 aromatic rings. The number of ether oxygens (including phenoxy) is 1. The third kappa shape index (κ3) is 7.00. The van der Waals surface area contributed by atoms with Gasteiger partial charge in [-0.2, -0.15) is 4.98 Å². The van der Waals surface area contributed by atoms with Crippen LogP contribution in [0.25, 0.3) is 11.4 Å². The van der Waals surface area contributed by atoms with E-state index in [1.165, 1.54) is 0 Å². The first-order chi connectivity index (χ1) is 18.5. The molecule has 0 radical (unpaired) electrons. The number of rotatable bonds is 12. The second kappa shape index (κ2) is 13.2. The number of aliphatic hydroxyl groups excluding tert-OH is 1. The van der Waals surface area contributed by atoms with Crippen molar-refractivity contribution in [2.24, 2.45) is 5.92 Å². The average Bonchev–Trinajstić information content (AvgIpc) is 3.39. The highest BCUT2D eigenvalue weighted by molar-refractivity contribution is 5.94. The molecule has 10 nitrogen and oxygen atoms in total. The normalized spacial score (nSPS) is 14.1. The summed E-state index contributed by atoms with van der Waals surface area (Å²) in [5, 5.41) is 15.0. The lowest BCUT2D eigenvalue weighted by molar-refractivity contribution is 0.0936. The summed E-state index contributed by atoms with van der Waals surface area (Å²) in [6.45, 7) is 3.63. The molecule has 1 aromatic carbocycles. The lowest BCUT2D eigenvalue weighted by Gasteiger charge is -2.32. The molecule has 12 heteroatoms. The van der Waals surface area contributed by atoms with Gasteiger partial charge in [0.15, 0.2) is 0 Å². The Bertz CT molecular complexity index is 1180. The molecule has 2 N–H and O–H groups in total. The number of anilines is 1. The van der Waals surface area contributed by atoms with Gasteiger partial charge in [0.25, 0.3) is 5.91 Å². The number of nitrogens with one attached hydrogen (secondary N) is 1. The Morgan fingerprint density at radius 1 is 1.21 bits per heavy atom. The van der Waals surface area contributed by atoms with Gasteiger partial charge in [-0.1, -0.05) is 12.1 Å². The van der Waals surface area contributed by atoms with Gasteiger partial charge in [0.2, 0.25) is 17.7 Å². The van der Waals surface area contributed by atoms with Crippen molar-refractivity contribution < 1.29 is 27.9 Å². The minimum Gasteiger partial charge on any atom is -0.493 e. The smallest absolute Gasteiger partial charge is 0.257 e. The maximum Gasteiger partial charge on any atom is 0.257 e. The standard InChI is InChI=1S/C26H32F2N6O4/c1-2-4-22-32-24(33-38-22)18-15-30-26(31-16-18)34-9-6-17(7-10-34)5-3-12-37-19-13-20(27)23(21(28)14-19)25(36)29-8-11-35/h13-17,35H,2-12H2,1H3,(H,29,36). The summed E-state index contributed by atoms with van der Waals surface area (Å²) in [6.07, 6.45) is 8.74. The summed E-state index contributed by atoms with van der Waals surface area (Å²) >= 11 is 0. The van der Waals surface area contributed by atoms with Crippen molar-refractivity contribution in [2.75, 3.05) is 37.7 Å². The van der Waals surface area contributed by atoms with Gasteiger partial charge < -0.3 is 24.6 Å². The number of aryl methyl sites for hydroxylation is 1. The first-order valence-corrected chi connectivity index (χ1v) is 12.9. The molecule has 0 atom stereocenters. The van der Waals surface area contributed by atoms with Crippen LogP contribution in [0, 0.1) is 17.6 Å². The van der Waals surface area contributed by atoms with Gasteiger partial charge in [-0.3, -0.25) is 4.79 Å². The molecule has 38 heavy (non-hydrogen) atoms. The highest BCUT2D eigenvalue weighted by Crippen LogP contribution is 2.26. The molecule has 2 aromatic heterocycles. The Morgan fingerprint density at radius 3 is 2.58 bits per heavy atom. The Kier molecular flexibility index (Phi) is 9.52. The SMILES string of the molecule is CCCc1nc(-c2cnc(N3CCC(CCCOc4cc(F)c(C(=O)NCCO)c(F)c4)CC3)nc2)no1. The predicted molar refractivity (Wildman–Crippen MR) is 135 cm³/mol. The maximum absolute atomic E-state index is 14.2. The van der Waals surface area contributed by atoms with E-state index in [2.05, 4.69) is 37.2 Å². The van der Waals surface area contributed by atoms with E-state index in [-0.39, 0.29) is 18.9 Å². The Balaban J connectivity index is 1.19. The van der Waals surface area contributed by atoms with Gasteiger partial charge in [0.05, 0.1) is 18.8 Å². The fourth-order valence-corrected chi connectivity index (χ4v) is 4.38. The van der Waals surface area contributed by atoms with Crippen molar-refractivity contribution in [1.82, 2.24) is 25.4 Å².